The second-order valence-corrected chi connectivity index (χ2v) is 1.90. The molecular weight excluding hydrogens is 162 g/mol. The first-order valence-corrected chi connectivity index (χ1v) is 3.12. The molecule has 0 saturated carbocycles. The third kappa shape index (κ3) is 1.60. The van der Waals surface area contributed by atoms with Gasteiger partial charge in [-0.2, -0.15) is 10.5 Å². The molecule has 0 aromatic carbocycles. The van der Waals surface area contributed by atoms with Crippen molar-refractivity contribution >= 4 is 11.9 Å². The Labute approximate surface area is 68.6 Å². The number of nitrogens with two attached hydrogens (primary N) is 3. The number of nitrogens with one attached hydrogen (secondary N) is 3. The van der Waals surface area contributed by atoms with Crippen molar-refractivity contribution in [3.05, 3.63) is 0 Å². The van der Waals surface area contributed by atoms with Gasteiger partial charge in [-0.05, 0) is 0 Å². The van der Waals surface area contributed by atoms with Gasteiger partial charge in [0.2, 0.25) is 11.9 Å². The summed E-state index contributed by atoms with van der Waals surface area (Å²) in [5.74, 6) is 16.0. The largest absolute Gasteiger partial charge is 0.293 e. The third-order valence-electron chi connectivity index (χ3n) is 1.24. The van der Waals surface area contributed by atoms with Crippen LogP contribution in [0.25, 0.3) is 0 Å². The lowest BCUT2D eigenvalue weighted by Crippen LogP contribution is -2.56. The van der Waals surface area contributed by atoms with Crippen LogP contribution < -0.4 is 33.9 Å². The molecule has 1 rings (SSSR count). The van der Waals surface area contributed by atoms with Crippen molar-refractivity contribution < 1.29 is 0 Å². The van der Waals surface area contributed by atoms with E-state index in [2.05, 4.69) is 26.4 Å². The fraction of sp³-hybridized carbons (Fsp3) is 0.333. The zero-order chi connectivity index (χ0) is 8.97. The molecule has 0 saturated heterocycles. The Morgan fingerprint density at radius 1 is 1.25 bits per heavy atom. The SMILES string of the molecule is NNC1=NCN(NN)C(NN)=N1. The Morgan fingerprint density at radius 2 is 2.00 bits per heavy atom. The van der Waals surface area contributed by atoms with Crippen LogP contribution in [0.4, 0.5) is 0 Å². The van der Waals surface area contributed by atoms with Gasteiger partial charge < -0.3 is 0 Å². The second kappa shape index (κ2) is 3.82. The zero-order valence-corrected chi connectivity index (χ0v) is 6.28. The van der Waals surface area contributed by atoms with Gasteiger partial charge in [0.1, 0.15) is 6.67 Å². The number of hydrogen-bond donors (Lipinski definition) is 6. The predicted molar refractivity (Wildman–Crippen MR) is 43.5 cm³/mol. The highest BCUT2D eigenvalue weighted by Gasteiger charge is 2.13. The molecule has 0 unspecified atom stereocenters. The smallest absolute Gasteiger partial charge is 0.237 e. The van der Waals surface area contributed by atoms with Gasteiger partial charge in [0.05, 0.1) is 0 Å². The maximum atomic E-state index is 5.14. The summed E-state index contributed by atoms with van der Waals surface area (Å²) in [6, 6.07) is 0. The van der Waals surface area contributed by atoms with Crippen LogP contribution in [-0.2, 0) is 0 Å². The van der Waals surface area contributed by atoms with Gasteiger partial charge in [-0.25, -0.2) is 21.7 Å². The van der Waals surface area contributed by atoms with E-state index >= 15 is 0 Å². The summed E-state index contributed by atoms with van der Waals surface area (Å²) in [4.78, 5) is 7.73. The summed E-state index contributed by atoms with van der Waals surface area (Å²) < 4.78 is 0. The fourth-order valence-corrected chi connectivity index (χ4v) is 0.691. The van der Waals surface area contributed by atoms with Gasteiger partial charge in [-0.1, -0.05) is 0 Å². The van der Waals surface area contributed by atoms with Crippen LogP contribution in [0.2, 0.25) is 0 Å². The van der Waals surface area contributed by atoms with Crippen molar-refractivity contribution in [3.63, 3.8) is 0 Å². The van der Waals surface area contributed by atoms with Crippen molar-refractivity contribution in [3.8, 4) is 0 Å². The molecule has 1 heterocycles. The molecule has 0 radical (unpaired) electrons. The zero-order valence-electron chi connectivity index (χ0n) is 6.28. The highest BCUT2D eigenvalue weighted by molar-refractivity contribution is 5.95. The molecule has 9 nitrogen and oxygen atoms in total. The molecule has 1 aliphatic rings. The summed E-state index contributed by atoms with van der Waals surface area (Å²) in [6.45, 7) is 0.277. The van der Waals surface area contributed by atoms with Crippen molar-refractivity contribution in [1.82, 2.24) is 21.4 Å². The normalized spacial score (nSPS) is 16.8. The summed E-state index contributed by atoms with van der Waals surface area (Å²) in [6.07, 6.45) is 0. The molecule has 0 aromatic rings. The lowest BCUT2D eigenvalue weighted by molar-refractivity contribution is 0.307. The quantitative estimate of drug-likeness (QED) is 0.177. The van der Waals surface area contributed by atoms with E-state index in [9.17, 15) is 0 Å². The van der Waals surface area contributed by atoms with Crippen LogP contribution in [0, 0.1) is 0 Å². The first-order valence-electron chi connectivity index (χ1n) is 3.12. The van der Waals surface area contributed by atoms with E-state index in [0.717, 1.165) is 0 Å². The summed E-state index contributed by atoms with van der Waals surface area (Å²) >= 11 is 0. The Morgan fingerprint density at radius 3 is 2.50 bits per heavy atom. The van der Waals surface area contributed by atoms with E-state index in [0.29, 0.717) is 5.96 Å². The van der Waals surface area contributed by atoms with Gasteiger partial charge in [0.15, 0.2) is 0 Å². The van der Waals surface area contributed by atoms with E-state index in [1.807, 2.05) is 0 Å². The van der Waals surface area contributed by atoms with Crippen molar-refractivity contribution in [1.29, 1.82) is 0 Å². The third-order valence-corrected chi connectivity index (χ3v) is 1.24. The van der Waals surface area contributed by atoms with Gasteiger partial charge in [-0.3, -0.25) is 16.7 Å². The van der Waals surface area contributed by atoms with Crippen LogP contribution in [0.1, 0.15) is 0 Å². The Bertz CT molecular complexity index is 206. The molecule has 0 atom stereocenters. The van der Waals surface area contributed by atoms with Gasteiger partial charge >= 0.3 is 0 Å². The van der Waals surface area contributed by atoms with E-state index in [4.69, 9.17) is 17.5 Å². The maximum absolute atomic E-state index is 5.14. The minimum Gasteiger partial charge on any atom is -0.293 e. The Hall–Kier alpha value is -1.42. The molecule has 0 aliphatic carbocycles. The highest BCUT2D eigenvalue weighted by Crippen LogP contribution is 1.92. The molecule has 0 spiro atoms. The van der Waals surface area contributed by atoms with Crippen LogP contribution in [0.15, 0.2) is 9.98 Å². The standard InChI is InChI=1S/C3H11N9/c4-9-2-7-1-12(11-6)3(8-2)10-5/h11H,1,4-6H2,(H2,7,8,9,10). The van der Waals surface area contributed by atoms with E-state index in [1.54, 1.807) is 0 Å². The molecule has 0 amide bonds. The van der Waals surface area contributed by atoms with Crippen LogP contribution in [0.3, 0.4) is 0 Å². The molecule has 68 valence electrons. The average molecular weight is 173 g/mol. The van der Waals surface area contributed by atoms with Gasteiger partial charge in [0, 0.05) is 0 Å². The predicted octanol–water partition coefficient (Wildman–Crippen LogP) is -3.72. The minimum absolute atomic E-state index is 0.277. The number of nitrogens with zero attached hydrogens (tertiary/aromatic N) is 3. The van der Waals surface area contributed by atoms with E-state index in [-0.39, 0.29) is 12.6 Å². The molecule has 0 aromatic heterocycles. The summed E-state index contributed by atoms with van der Waals surface area (Å²) in [7, 11) is 0. The topological polar surface area (TPSA) is 142 Å². The number of guanidine groups is 2. The second-order valence-electron chi connectivity index (χ2n) is 1.90. The van der Waals surface area contributed by atoms with Crippen molar-refractivity contribution in [2.45, 2.75) is 0 Å². The summed E-state index contributed by atoms with van der Waals surface area (Å²) in [5.41, 5.74) is 6.94. The monoisotopic (exact) mass is 173 g/mol. The van der Waals surface area contributed by atoms with Gasteiger partial charge in [0.25, 0.3) is 0 Å². The molecule has 9 heteroatoms. The molecular formula is C3H11N9. The lowest BCUT2D eigenvalue weighted by atomic mass is 10.7. The first kappa shape index (κ1) is 8.67. The van der Waals surface area contributed by atoms with Crippen LogP contribution in [0.5, 0.6) is 0 Å². The maximum Gasteiger partial charge on any atom is 0.237 e. The number of hydrazine groups is 4. The number of rotatable bonds is 1. The fourth-order valence-electron chi connectivity index (χ4n) is 0.691. The minimum atomic E-state index is 0.277. The lowest BCUT2D eigenvalue weighted by Gasteiger charge is -2.24. The average Bonchev–Trinajstić information content (AvgIpc) is 2.16. The summed E-state index contributed by atoms with van der Waals surface area (Å²) in [5, 5.41) is 1.40. The molecule has 0 bridgehead atoms. The highest BCUT2D eigenvalue weighted by atomic mass is 15.7. The van der Waals surface area contributed by atoms with Gasteiger partial charge in [-0.15, -0.1) is 0 Å². The van der Waals surface area contributed by atoms with E-state index in [1.165, 1.54) is 5.01 Å². The van der Waals surface area contributed by atoms with Crippen LogP contribution in [-0.4, -0.2) is 23.6 Å². The number of aliphatic imine (C=N–C) groups is 2. The molecule has 1 aliphatic heterocycles. The molecule has 0 fully saturated rings. The Balaban J connectivity index is 2.71. The number of hydrogen-bond acceptors (Lipinski definition) is 9. The van der Waals surface area contributed by atoms with Crippen molar-refractivity contribution in [2.75, 3.05) is 6.67 Å². The Kier molecular flexibility index (Phi) is 2.76. The molecule has 9 N–H and O–H groups in total. The van der Waals surface area contributed by atoms with E-state index < -0.39 is 0 Å². The van der Waals surface area contributed by atoms with Crippen LogP contribution >= 0.6 is 0 Å². The molecule has 12 heavy (non-hydrogen) atoms. The first-order chi connectivity index (χ1) is 5.81. The van der Waals surface area contributed by atoms with Crippen molar-refractivity contribution in [2.24, 2.45) is 27.5 Å².